The number of rotatable bonds is 6. The maximum absolute atomic E-state index is 11.9. The first-order chi connectivity index (χ1) is 9.22. The van der Waals surface area contributed by atoms with Gasteiger partial charge in [-0.2, -0.15) is 0 Å². The van der Waals surface area contributed by atoms with Crippen molar-refractivity contribution in [1.29, 1.82) is 0 Å². The Balaban J connectivity index is 2.11. The van der Waals surface area contributed by atoms with E-state index in [1.807, 2.05) is 0 Å². The Labute approximate surface area is 110 Å². The fourth-order valence-electron chi connectivity index (χ4n) is 1.97. The number of methoxy groups -OCH3 is 2. The maximum atomic E-state index is 11.9. The first-order valence-electron chi connectivity index (χ1n) is 5.76. The van der Waals surface area contributed by atoms with Crippen molar-refractivity contribution in [2.45, 2.75) is 12.1 Å². The molecule has 1 fully saturated rings. The monoisotopic (exact) mass is 265 g/mol. The van der Waals surface area contributed by atoms with Crippen LogP contribution in [0.2, 0.25) is 0 Å². The maximum Gasteiger partial charge on any atom is 0.259 e. The zero-order valence-corrected chi connectivity index (χ0v) is 10.7. The lowest BCUT2D eigenvalue weighted by Gasteiger charge is -2.43. The molecule has 1 aliphatic rings. The smallest absolute Gasteiger partial charge is 0.259 e. The van der Waals surface area contributed by atoms with Gasteiger partial charge in [-0.15, -0.1) is 0 Å². The van der Waals surface area contributed by atoms with Crippen molar-refractivity contribution >= 4 is 17.9 Å². The van der Waals surface area contributed by atoms with Crippen LogP contribution in [0.5, 0.6) is 5.75 Å². The number of anilines is 1. The van der Waals surface area contributed by atoms with E-state index in [1.54, 1.807) is 31.4 Å². The van der Waals surface area contributed by atoms with Gasteiger partial charge in [-0.05, 0) is 24.3 Å². The standard InChI is InChI=1S/C13H15NO5/c1-17-8-19-12-11(7-15)14(13(12)16)9-3-5-10(18-2)6-4-9/h3-7,11-12H,8H2,1-2H3/t11?,12-/m1/s1. The molecular weight excluding hydrogens is 250 g/mol. The second-order valence-corrected chi connectivity index (χ2v) is 4.03. The molecule has 1 heterocycles. The van der Waals surface area contributed by atoms with E-state index in [9.17, 15) is 9.59 Å². The summed E-state index contributed by atoms with van der Waals surface area (Å²) in [7, 11) is 3.02. The van der Waals surface area contributed by atoms with Gasteiger partial charge in [0.2, 0.25) is 0 Å². The van der Waals surface area contributed by atoms with Crippen molar-refractivity contribution < 1.29 is 23.8 Å². The Hall–Kier alpha value is -1.92. The second kappa shape index (κ2) is 5.81. The van der Waals surface area contributed by atoms with Crippen molar-refractivity contribution in [1.82, 2.24) is 0 Å². The summed E-state index contributed by atoms with van der Waals surface area (Å²) in [6, 6.07) is 6.29. The van der Waals surface area contributed by atoms with E-state index in [-0.39, 0.29) is 12.7 Å². The second-order valence-electron chi connectivity index (χ2n) is 4.03. The molecule has 1 aromatic rings. The van der Waals surface area contributed by atoms with E-state index >= 15 is 0 Å². The number of aldehydes is 1. The van der Waals surface area contributed by atoms with Crippen molar-refractivity contribution in [3.8, 4) is 5.75 Å². The number of amides is 1. The van der Waals surface area contributed by atoms with Crippen LogP contribution in [0, 0.1) is 0 Å². The molecule has 102 valence electrons. The minimum absolute atomic E-state index is 0.0167. The Morgan fingerprint density at radius 1 is 1.26 bits per heavy atom. The summed E-state index contributed by atoms with van der Waals surface area (Å²) >= 11 is 0. The highest BCUT2D eigenvalue weighted by atomic mass is 16.7. The minimum Gasteiger partial charge on any atom is -0.497 e. The van der Waals surface area contributed by atoms with Crippen molar-refractivity contribution in [2.75, 3.05) is 25.9 Å². The van der Waals surface area contributed by atoms with Crippen LogP contribution in [0.15, 0.2) is 24.3 Å². The highest BCUT2D eigenvalue weighted by molar-refractivity contribution is 6.10. The lowest BCUT2D eigenvalue weighted by atomic mass is 9.98. The molecule has 0 aliphatic carbocycles. The quantitative estimate of drug-likeness (QED) is 0.428. The van der Waals surface area contributed by atoms with Gasteiger partial charge >= 0.3 is 0 Å². The molecule has 0 saturated carbocycles. The average molecular weight is 265 g/mol. The van der Waals surface area contributed by atoms with Gasteiger partial charge in [0, 0.05) is 12.8 Å². The number of benzene rings is 1. The molecule has 19 heavy (non-hydrogen) atoms. The molecule has 0 N–H and O–H groups in total. The van der Waals surface area contributed by atoms with E-state index < -0.39 is 12.1 Å². The molecule has 0 aromatic heterocycles. The molecule has 0 spiro atoms. The topological polar surface area (TPSA) is 65.1 Å². The van der Waals surface area contributed by atoms with Gasteiger partial charge in [-0.3, -0.25) is 9.69 Å². The molecule has 1 aromatic carbocycles. The van der Waals surface area contributed by atoms with E-state index in [0.717, 1.165) is 0 Å². The van der Waals surface area contributed by atoms with Crippen LogP contribution in [-0.2, 0) is 19.1 Å². The predicted molar refractivity (Wildman–Crippen MR) is 67.1 cm³/mol. The summed E-state index contributed by atoms with van der Waals surface area (Å²) in [5.41, 5.74) is 0.639. The van der Waals surface area contributed by atoms with Crippen LogP contribution in [0.25, 0.3) is 0 Å². The highest BCUT2D eigenvalue weighted by Gasteiger charge is 2.49. The molecule has 0 radical (unpaired) electrons. The zero-order chi connectivity index (χ0) is 13.8. The van der Waals surface area contributed by atoms with Gasteiger partial charge in [0.1, 0.15) is 24.9 Å². The van der Waals surface area contributed by atoms with Gasteiger partial charge in [0.25, 0.3) is 5.91 Å². The molecule has 1 unspecified atom stereocenters. The van der Waals surface area contributed by atoms with E-state index in [1.165, 1.54) is 12.0 Å². The number of ether oxygens (including phenoxy) is 3. The summed E-state index contributed by atoms with van der Waals surface area (Å²) in [6.45, 7) is -0.0167. The number of β-lactam (4-membered cyclic amide) rings is 1. The minimum atomic E-state index is -0.764. The fraction of sp³-hybridized carbons (Fsp3) is 0.385. The van der Waals surface area contributed by atoms with Gasteiger partial charge in [-0.25, -0.2) is 0 Å². The molecule has 1 saturated heterocycles. The third-order valence-corrected chi connectivity index (χ3v) is 2.94. The summed E-state index contributed by atoms with van der Waals surface area (Å²) in [5.74, 6) is 0.436. The normalized spacial score (nSPS) is 22.0. The molecule has 2 rings (SSSR count). The van der Waals surface area contributed by atoms with Gasteiger partial charge < -0.3 is 19.0 Å². The van der Waals surface area contributed by atoms with Crippen LogP contribution in [0.3, 0.4) is 0 Å². The highest BCUT2D eigenvalue weighted by Crippen LogP contribution is 2.30. The van der Waals surface area contributed by atoms with E-state index in [0.29, 0.717) is 17.7 Å². The SMILES string of the molecule is COCO[C@H]1C(=O)N(c2ccc(OC)cc2)C1C=O. The van der Waals surface area contributed by atoms with Crippen LogP contribution < -0.4 is 9.64 Å². The third kappa shape index (κ3) is 2.45. The number of hydrogen-bond acceptors (Lipinski definition) is 5. The molecule has 1 aliphatic heterocycles. The first-order valence-corrected chi connectivity index (χ1v) is 5.76. The molecule has 1 amide bonds. The molecule has 6 nitrogen and oxygen atoms in total. The Bertz CT molecular complexity index is 459. The Morgan fingerprint density at radius 2 is 1.95 bits per heavy atom. The molecular formula is C13H15NO5. The van der Waals surface area contributed by atoms with E-state index in [4.69, 9.17) is 14.2 Å². The molecule has 6 heteroatoms. The summed E-state index contributed by atoms with van der Waals surface area (Å²) < 4.78 is 14.9. The van der Waals surface area contributed by atoms with Crippen LogP contribution in [-0.4, -0.2) is 45.4 Å². The number of carbonyl (C=O) groups is 2. The van der Waals surface area contributed by atoms with Crippen LogP contribution >= 0.6 is 0 Å². The first kappa shape index (κ1) is 13.5. The fourth-order valence-corrected chi connectivity index (χ4v) is 1.97. The van der Waals surface area contributed by atoms with Gasteiger partial charge in [0.05, 0.1) is 7.11 Å². The third-order valence-electron chi connectivity index (χ3n) is 2.94. The number of nitrogens with zero attached hydrogens (tertiary/aromatic N) is 1. The number of carbonyl (C=O) groups excluding carboxylic acids is 2. The van der Waals surface area contributed by atoms with Crippen molar-refractivity contribution in [2.24, 2.45) is 0 Å². The molecule has 2 atom stereocenters. The lowest BCUT2D eigenvalue weighted by Crippen LogP contribution is -2.67. The summed E-state index contributed by atoms with van der Waals surface area (Å²) in [5, 5.41) is 0. The lowest BCUT2D eigenvalue weighted by molar-refractivity contribution is -0.156. The van der Waals surface area contributed by atoms with Gasteiger partial charge in [0.15, 0.2) is 6.10 Å². The predicted octanol–water partition coefficient (Wildman–Crippen LogP) is 0.598. The molecule has 0 bridgehead atoms. The Kier molecular flexibility index (Phi) is 4.13. The van der Waals surface area contributed by atoms with Gasteiger partial charge in [-0.1, -0.05) is 0 Å². The van der Waals surface area contributed by atoms with E-state index in [2.05, 4.69) is 0 Å². The van der Waals surface area contributed by atoms with Crippen LogP contribution in [0.4, 0.5) is 5.69 Å². The van der Waals surface area contributed by atoms with Crippen LogP contribution in [0.1, 0.15) is 0 Å². The van der Waals surface area contributed by atoms with Crippen molar-refractivity contribution in [3.05, 3.63) is 24.3 Å². The summed E-state index contributed by atoms with van der Waals surface area (Å²) in [6.07, 6.45) is -0.0639. The number of hydrogen-bond donors (Lipinski definition) is 0. The Morgan fingerprint density at radius 3 is 2.47 bits per heavy atom. The van der Waals surface area contributed by atoms with Crippen molar-refractivity contribution in [3.63, 3.8) is 0 Å². The zero-order valence-electron chi connectivity index (χ0n) is 10.7. The largest absolute Gasteiger partial charge is 0.497 e. The summed E-state index contributed by atoms with van der Waals surface area (Å²) in [4.78, 5) is 24.4. The average Bonchev–Trinajstić information content (AvgIpc) is 2.45.